The molecule has 28 heavy (non-hydrogen) atoms. The fourth-order valence-corrected chi connectivity index (χ4v) is 3.19. The lowest BCUT2D eigenvalue weighted by Gasteiger charge is -2.21. The number of carbonyl (C=O) groups excluding carboxylic acids is 1. The number of halogens is 2. The van der Waals surface area contributed by atoms with Gasteiger partial charge in [0.15, 0.2) is 0 Å². The minimum Gasteiger partial charge on any atom is -0.382 e. The summed E-state index contributed by atoms with van der Waals surface area (Å²) in [5, 5.41) is 9.93. The Balaban J connectivity index is 0.00000196. The Labute approximate surface area is 180 Å². The predicted molar refractivity (Wildman–Crippen MR) is 122 cm³/mol. The van der Waals surface area contributed by atoms with E-state index in [4.69, 9.17) is 0 Å². The average Bonchev–Trinajstić information content (AvgIpc) is 3.09. The molecule has 3 N–H and O–H groups in total. The van der Waals surface area contributed by atoms with Crippen molar-refractivity contribution in [1.29, 1.82) is 0 Å². The van der Waals surface area contributed by atoms with Crippen LogP contribution in [0.25, 0.3) is 0 Å². The van der Waals surface area contributed by atoms with Crippen molar-refractivity contribution >= 4 is 36.4 Å². The maximum atomic E-state index is 12.7. The van der Waals surface area contributed by atoms with Gasteiger partial charge in [-0.2, -0.15) is 0 Å². The zero-order chi connectivity index (χ0) is 18.7. The van der Waals surface area contributed by atoms with E-state index in [2.05, 4.69) is 54.9 Å². The third-order valence-electron chi connectivity index (χ3n) is 5.32. The third-order valence-corrected chi connectivity index (χ3v) is 5.32. The Morgan fingerprint density at radius 3 is 2.50 bits per heavy atom. The third kappa shape index (κ3) is 5.63. The summed E-state index contributed by atoms with van der Waals surface area (Å²) >= 11 is 0. The van der Waals surface area contributed by atoms with Gasteiger partial charge in [-0.25, -0.2) is 0 Å². The number of anilines is 1. The monoisotopic (exact) mass is 423 g/mol. The van der Waals surface area contributed by atoms with Crippen molar-refractivity contribution in [3.8, 4) is 0 Å². The summed E-state index contributed by atoms with van der Waals surface area (Å²) in [5.74, 6) is 0.503. The van der Waals surface area contributed by atoms with Crippen LogP contribution in [0, 0.1) is 12.8 Å². The average molecular weight is 424 g/mol. The quantitative estimate of drug-likeness (QED) is 0.623. The first-order valence-corrected chi connectivity index (χ1v) is 9.41. The van der Waals surface area contributed by atoms with Crippen molar-refractivity contribution in [3.05, 3.63) is 64.2 Å². The van der Waals surface area contributed by atoms with Crippen LogP contribution in [0.1, 0.15) is 53.4 Å². The molecular formula is C22H31Cl2N3O. The number of hydrogen-bond acceptors (Lipinski definition) is 3. The highest BCUT2D eigenvalue weighted by Crippen LogP contribution is 2.22. The van der Waals surface area contributed by atoms with Crippen LogP contribution in [0.4, 0.5) is 5.69 Å². The van der Waals surface area contributed by atoms with Crippen LogP contribution in [-0.4, -0.2) is 11.9 Å². The molecule has 0 fully saturated rings. The molecule has 4 nitrogen and oxygen atoms in total. The second-order valence-corrected chi connectivity index (χ2v) is 7.54. The smallest absolute Gasteiger partial charge is 0.251 e. The predicted octanol–water partition coefficient (Wildman–Crippen LogP) is 4.83. The van der Waals surface area contributed by atoms with Gasteiger partial charge in [0, 0.05) is 36.9 Å². The molecule has 154 valence electrons. The highest BCUT2D eigenvalue weighted by atomic mass is 35.5. The standard InChI is InChI=1S/C22H29N3O.2ClH/c1-14(2)16(4)25-21-7-5-6-20(15(21)3)22(26)24-11-17-8-9-18-12-23-13-19(18)10-17;;/h5-10,14,16,23,25H,11-13H2,1-4H3,(H,24,26);2*1H. The molecule has 2 aromatic carbocycles. The molecule has 3 rings (SSSR count). The number of amides is 1. The van der Waals surface area contributed by atoms with Crippen LogP contribution in [0.15, 0.2) is 36.4 Å². The van der Waals surface area contributed by atoms with E-state index in [9.17, 15) is 4.79 Å². The van der Waals surface area contributed by atoms with Crippen molar-refractivity contribution in [2.24, 2.45) is 5.92 Å². The van der Waals surface area contributed by atoms with Crippen LogP contribution >= 0.6 is 24.8 Å². The maximum absolute atomic E-state index is 12.7. The van der Waals surface area contributed by atoms with Gasteiger partial charge in [0.25, 0.3) is 5.91 Å². The first kappa shape index (κ1) is 24.3. The molecule has 1 atom stereocenters. The molecule has 0 bridgehead atoms. The molecule has 1 unspecified atom stereocenters. The molecular weight excluding hydrogens is 393 g/mol. The molecule has 0 aliphatic carbocycles. The van der Waals surface area contributed by atoms with Gasteiger partial charge in [0.1, 0.15) is 0 Å². The largest absolute Gasteiger partial charge is 0.382 e. The van der Waals surface area contributed by atoms with Gasteiger partial charge in [0.2, 0.25) is 0 Å². The molecule has 2 aromatic rings. The Hall–Kier alpha value is -1.75. The number of carbonyl (C=O) groups is 1. The zero-order valence-electron chi connectivity index (χ0n) is 17.0. The fraction of sp³-hybridized carbons (Fsp3) is 0.409. The van der Waals surface area contributed by atoms with Gasteiger partial charge in [0.05, 0.1) is 0 Å². The summed E-state index contributed by atoms with van der Waals surface area (Å²) in [6.07, 6.45) is 0. The molecule has 6 heteroatoms. The Morgan fingerprint density at radius 1 is 1.07 bits per heavy atom. The van der Waals surface area contributed by atoms with Gasteiger partial charge in [-0.05, 0) is 54.2 Å². The van der Waals surface area contributed by atoms with Crippen molar-refractivity contribution in [1.82, 2.24) is 10.6 Å². The SMILES string of the molecule is Cc1c(NC(C)C(C)C)cccc1C(=O)NCc1ccc2c(c1)CNC2.Cl.Cl. The number of nitrogens with one attached hydrogen (secondary N) is 3. The van der Waals surface area contributed by atoms with E-state index in [-0.39, 0.29) is 30.7 Å². The van der Waals surface area contributed by atoms with E-state index in [1.165, 1.54) is 11.1 Å². The first-order valence-electron chi connectivity index (χ1n) is 9.41. The van der Waals surface area contributed by atoms with Gasteiger partial charge in [-0.1, -0.05) is 38.1 Å². The fourth-order valence-electron chi connectivity index (χ4n) is 3.19. The lowest BCUT2D eigenvalue weighted by Crippen LogP contribution is -2.25. The number of fused-ring (bicyclic) bond motifs is 1. The zero-order valence-corrected chi connectivity index (χ0v) is 18.6. The summed E-state index contributed by atoms with van der Waals surface area (Å²) < 4.78 is 0. The minimum absolute atomic E-state index is 0. The molecule has 0 spiro atoms. The molecule has 1 aliphatic heterocycles. The highest BCUT2D eigenvalue weighted by Gasteiger charge is 2.15. The van der Waals surface area contributed by atoms with Gasteiger partial charge in [-0.15, -0.1) is 24.8 Å². The molecule has 0 saturated heterocycles. The highest BCUT2D eigenvalue weighted by molar-refractivity contribution is 5.97. The minimum atomic E-state index is -0.0260. The summed E-state index contributed by atoms with van der Waals surface area (Å²) in [4.78, 5) is 12.7. The lowest BCUT2D eigenvalue weighted by molar-refractivity contribution is 0.0950. The number of rotatable bonds is 6. The van der Waals surface area contributed by atoms with Crippen molar-refractivity contribution in [3.63, 3.8) is 0 Å². The Bertz CT molecular complexity index is 808. The van der Waals surface area contributed by atoms with E-state index in [0.717, 1.165) is 35.5 Å². The van der Waals surface area contributed by atoms with E-state index in [1.54, 1.807) is 0 Å². The lowest BCUT2D eigenvalue weighted by atomic mass is 10.0. The van der Waals surface area contributed by atoms with Gasteiger partial charge in [-0.3, -0.25) is 4.79 Å². The van der Waals surface area contributed by atoms with Crippen LogP contribution < -0.4 is 16.0 Å². The van der Waals surface area contributed by atoms with E-state index in [1.807, 2.05) is 25.1 Å². The van der Waals surface area contributed by atoms with E-state index in [0.29, 0.717) is 18.5 Å². The molecule has 0 saturated carbocycles. The molecule has 0 radical (unpaired) electrons. The summed E-state index contributed by atoms with van der Waals surface area (Å²) in [6, 6.07) is 12.7. The summed E-state index contributed by atoms with van der Waals surface area (Å²) in [5.41, 5.74) is 6.59. The maximum Gasteiger partial charge on any atom is 0.251 e. The summed E-state index contributed by atoms with van der Waals surface area (Å²) in [6.45, 7) is 11.0. The van der Waals surface area contributed by atoms with Crippen LogP contribution in [0.3, 0.4) is 0 Å². The van der Waals surface area contributed by atoms with Gasteiger partial charge >= 0.3 is 0 Å². The topological polar surface area (TPSA) is 53.2 Å². The van der Waals surface area contributed by atoms with Crippen molar-refractivity contribution in [2.45, 2.75) is 53.4 Å². The van der Waals surface area contributed by atoms with Gasteiger partial charge < -0.3 is 16.0 Å². The second kappa shape index (κ2) is 10.7. The van der Waals surface area contributed by atoms with E-state index < -0.39 is 0 Å². The first-order chi connectivity index (χ1) is 12.5. The molecule has 1 amide bonds. The van der Waals surface area contributed by atoms with Crippen LogP contribution in [0.5, 0.6) is 0 Å². The van der Waals surface area contributed by atoms with Crippen LogP contribution in [0.2, 0.25) is 0 Å². The number of hydrogen-bond donors (Lipinski definition) is 3. The van der Waals surface area contributed by atoms with Crippen molar-refractivity contribution < 1.29 is 4.79 Å². The summed E-state index contributed by atoms with van der Waals surface area (Å²) in [7, 11) is 0. The Morgan fingerprint density at radius 2 is 1.79 bits per heavy atom. The molecule has 1 heterocycles. The molecule has 0 aromatic heterocycles. The van der Waals surface area contributed by atoms with Crippen LogP contribution in [-0.2, 0) is 19.6 Å². The van der Waals surface area contributed by atoms with E-state index >= 15 is 0 Å². The Kier molecular flexibility index (Phi) is 9.28. The number of benzene rings is 2. The normalized spacial score (nSPS) is 13.2. The second-order valence-electron chi connectivity index (χ2n) is 7.54. The molecule has 1 aliphatic rings. The van der Waals surface area contributed by atoms with Crippen molar-refractivity contribution in [2.75, 3.05) is 5.32 Å².